The summed E-state index contributed by atoms with van der Waals surface area (Å²) in [5.74, 6) is -0.0562. The van der Waals surface area contributed by atoms with Crippen LogP contribution < -0.4 is 5.32 Å². The smallest absolute Gasteiger partial charge is 0.252 e. The van der Waals surface area contributed by atoms with Crippen molar-refractivity contribution in [2.24, 2.45) is 0 Å². The molecule has 1 N–H and O–H groups in total. The highest BCUT2D eigenvalue weighted by atomic mass is 79.9. The molecule has 1 amide bonds. The number of rotatable bonds is 4. The fourth-order valence-corrected chi connectivity index (χ4v) is 4.34. The van der Waals surface area contributed by atoms with Crippen LogP contribution in [0.2, 0.25) is 5.02 Å². The molecule has 0 radical (unpaired) electrons. The van der Waals surface area contributed by atoms with E-state index in [2.05, 4.69) is 34.2 Å². The van der Waals surface area contributed by atoms with Crippen LogP contribution in [-0.2, 0) is 6.42 Å². The van der Waals surface area contributed by atoms with Crippen LogP contribution in [-0.4, -0.2) is 12.5 Å². The second-order valence-electron chi connectivity index (χ2n) is 5.28. The van der Waals surface area contributed by atoms with Crippen molar-refractivity contribution in [3.8, 4) is 0 Å². The van der Waals surface area contributed by atoms with Gasteiger partial charge in [0, 0.05) is 25.6 Å². The van der Waals surface area contributed by atoms with E-state index in [0.717, 1.165) is 15.9 Å². The molecule has 0 aliphatic heterocycles. The Bertz CT molecular complexity index is 875. The van der Waals surface area contributed by atoms with E-state index in [1.165, 1.54) is 20.5 Å². The number of aryl methyl sites for hydroxylation is 1. The van der Waals surface area contributed by atoms with E-state index in [0.29, 0.717) is 12.1 Å². The number of hydrogen-bond donors (Lipinski definition) is 1. The minimum Gasteiger partial charge on any atom is -0.352 e. The third-order valence-electron chi connectivity index (χ3n) is 3.75. The van der Waals surface area contributed by atoms with Gasteiger partial charge in [-0.2, -0.15) is 0 Å². The average molecular weight is 409 g/mol. The van der Waals surface area contributed by atoms with Gasteiger partial charge in [0.25, 0.3) is 5.91 Å². The van der Waals surface area contributed by atoms with Gasteiger partial charge < -0.3 is 5.32 Å². The lowest BCUT2D eigenvalue weighted by atomic mass is 10.1. The Balaban J connectivity index is 1.68. The normalized spacial score (nSPS) is 10.9. The lowest BCUT2D eigenvalue weighted by Gasteiger charge is -2.06. The molecular weight excluding hydrogens is 394 g/mol. The van der Waals surface area contributed by atoms with Gasteiger partial charge in [-0.05, 0) is 70.6 Å². The highest BCUT2D eigenvalue weighted by Gasteiger charge is 2.11. The molecule has 0 spiro atoms. The number of benzene rings is 2. The summed E-state index contributed by atoms with van der Waals surface area (Å²) >= 11 is 11.2. The Labute approximate surface area is 152 Å². The van der Waals surface area contributed by atoms with E-state index in [1.54, 1.807) is 11.3 Å². The molecule has 0 unspecified atom stereocenters. The van der Waals surface area contributed by atoms with E-state index in [1.807, 2.05) is 36.4 Å². The zero-order valence-corrected chi connectivity index (χ0v) is 15.7. The molecule has 3 rings (SSSR count). The zero-order valence-electron chi connectivity index (χ0n) is 12.5. The Morgan fingerprint density at radius 1 is 1.26 bits per heavy atom. The summed E-state index contributed by atoms with van der Waals surface area (Å²) in [6.45, 7) is 2.72. The van der Waals surface area contributed by atoms with Crippen LogP contribution in [0.4, 0.5) is 0 Å². The van der Waals surface area contributed by atoms with Crippen LogP contribution in [0.15, 0.2) is 46.9 Å². The minimum absolute atomic E-state index is 0.0562. The molecule has 0 fully saturated rings. The SMILES string of the molecule is Cc1c(CCNC(=O)c2ccccc2Br)sc2ccc(Cl)cc12. The van der Waals surface area contributed by atoms with Crippen LogP contribution in [0.5, 0.6) is 0 Å². The first-order chi connectivity index (χ1) is 11.1. The van der Waals surface area contributed by atoms with Gasteiger partial charge in [-0.1, -0.05) is 23.7 Å². The van der Waals surface area contributed by atoms with Crippen LogP contribution >= 0.6 is 38.9 Å². The number of carbonyl (C=O) groups is 1. The van der Waals surface area contributed by atoms with Gasteiger partial charge in [0.05, 0.1) is 5.56 Å². The molecule has 3 aromatic rings. The number of thiophene rings is 1. The Morgan fingerprint density at radius 2 is 2.04 bits per heavy atom. The van der Waals surface area contributed by atoms with Gasteiger partial charge in [0.2, 0.25) is 0 Å². The maximum absolute atomic E-state index is 12.2. The molecule has 1 heterocycles. The molecule has 0 saturated carbocycles. The van der Waals surface area contributed by atoms with Gasteiger partial charge in [-0.15, -0.1) is 11.3 Å². The molecule has 0 saturated heterocycles. The van der Waals surface area contributed by atoms with E-state index in [4.69, 9.17) is 11.6 Å². The van der Waals surface area contributed by atoms with Crippen molar-refractivity contribution in [2.75, 3.05) is 6.54 Å². The molecule has 0 atom stereocenters. The van der Waals surface area contributed by atoms with Gasteiger partial charge in [0.15, 0.2) is 0 Å². The monoisotopic (exact) mass is 407 g/mol. The van der Waals surface area contributed by atoms with Crippen LogP contribution in [0.1, 0.15) is 20.8 Å². The molecule has 0 bridgehead atoms. The Morgan fingerprint density at radius 3 is 2.83 bits per heavy atom. The van der Waals surface area contributed by atoms with E-state index >= 15 is 0 Å². The van der Waals surface area contributed by atoms with Crippen molar-refractivity contribution in [1.82, 2.24) is 5.32 Å². The second-order valence-corrected chi connectivity index (χ2v) is 7.70. The van der Waals surface area contributed by atoms with E-state index < -0.39 is 0 Å². The average Bonchev–Trinajstić information content (AvgIpc) is 2.84. The number of carbonyl (C=O) groups excluding carboxylic acids is 1. The standard InChI is InChI=1S/C18H15BrClNOS/c1-11-14-10-12(20)6-7-17(14)23-16(11)8-9-21-18(22)13-4-2-3-5-15(13)19/h2-7,10H,8-9H2,1H3,(H,21,22). The molecule has 5 heteroatoms. The maximum atomic E-state index is 12.2. The summed E-state index contributed by atoms with van der Waals surface area (Å²) in [5, 5.41) is 4.94. The third kappa shape index (κ3) is 3.60. The summed E-state index contributed by atoms with van der Waals surface area (Å²) in [6, 6.07) is 13.4. The van der Waals surface area contributed by atoms with Crippen LogP contribution in [0, 0.1) is 6.92 Å². The molecule has 2 aromatic carbocycles. The number of fused-ring (bicyclic) bond motifs is 1. The van der Waals surface area contributed by atoms with Crippen molar-refractivity contribution < 1.29 is 4.79 Å². The summed E-state index contributed by atoms with van der Waals surface area (Å²) in [5.41, 5.74) is 1.91. The summed E-state index contributed by atoms with van der Waals surface area (Å²) < 4.78 is 2.05. The van der Waals surface area contributed by atoms with Crippen molar-refractivity contribution in [2.45, 2.75) is 13.3 Å². The summed E-state index contributed by atoms with van der Waals surface area (Å²) in [7, 11) is 0. The van der Waals surface area contributed by atoms with Gasteiger partial charge in [-0.3, -0.25) is 4.79 Å². The maximum Gasteiger partial charge on any atom is 0.252 e. The van der Waals surface area contributed by atoms with Crippen molar-refractivity contribution in [1.29, 1.82) is 0 Å². The first-order valence-corrected chi connectivity index (χ1v) is 9.25. The van der Waals surface area contributed by atoms with Gasteiger partial charge in [-0.25, -0.2) is 0 Å². The molecule has 23 heavy (non-hydrogen) atoms. The number of hydrogen-bond acceptors (Lipinski definition) is 2. The fraction of sp³-hybridized carbons (Fsp3) is 0.167. The largest absolute Gasteiger partial charge is 0.352 e. The van der Waals surface area contributed by atoms with E-state index in [-0.39, 0.29) is 5.91 Å². The molecular formula is C18H15BrClNOS. The van der Waals surface area contributed by atoms with Crippen molar-refractivity contribution >= 4 is 54.9 Å². The second kappa shape index (κ2) is 7.04. The van der Waals surface area contributed by atoms with Crippen molar-refractivity contribution in [3.05, 3.63) is 68.0 Å². The number of nitrogens with one attached hydrogen (secondary N) is 1. The number of halogens is 2. The predicted octanol–water partition coefficient (Wildman–Crippen LogP) is 5.60. The summed E-state index contributed by atoms with van der Waals surface area (Å²) in [6.07, 6.45) is 0.818. The predicted molar refractivity (Wildman–Crippen MR) is 102 cm³/mol. The first-order valence-electron chi connectivity index (χ1n) is 7.26. The molecule has 2 nitrogen and oxygen atoms in total. The molecule has 0 aliphatic carbocycles. The van der Waals surface area contributed by atoms with Gasteiger partial charge in [0.1, 0.15) is 0 Å². The minimum atomic E-state index is -0.0562. The lowest BCUT2D eigenvalue weighted by Crippen LogP contribution is -2.25. The van der Waals surface area contributed by atoms with Gasteiger partial charge >= 0.3 is 0 Å². The Hall–Kier alpha value is -1.36. The quantitative estimate of drug-likeness (QED) is 0.598. The molecule has 0 aliphatic rings. The summed E-state index contributed by atoms with van der Waals surface area (Å²) in [4.78, 5) is 13.5. The zero-order chi connectivity index (χ0) is 16.4. The van der Waals surface area contributed by atoms with Crippen LogP contribution in [0.3, 0.4) is 0 Å². The number of amides is 1. The highest BCUT2D eigenvalue weighted by Crippen LogP contribution is 2.32. The first kappa shape index (κ1) is 16.5. The van der Waals surface area contributed by atoms with E-state index in [9.17, 15) is 4.79 Å². The third-order valence-corrected chi connectivity index (χ3v) is 6.01. The molecule has 1 aromatic heterocycles. The highest BCUT2D eigenvalue weighted by molar-refractivity contribution is 9.10. The Kier molecular flexibility index (Phi) is 5.05. The molecule has 118 valence electrons. The lowest BCUT2D eigenvalue weighted by molar-refractivity contribution is 0.0953. The fourth-order valence-electron chi connectivity index (χ4n) is 2.51. The topological polar surface area (TPSA) is 29.1 Å². The van der Waals surface area contributed by atoms with Crippen molar-refractivity contribution in [3.63, 3.8) is 0 Å². The van der Waals surface area contributed by atoms with Crippen LogP contribution in [0.25, 0.3) is 10.1 Å².